The molecule has 0 spiro atoms. The highest BCUT2D eigenvalue weighted by atomic mass is 16.5. The SMILES string of the molecule is CCc1ccc(CNCc2cccc(COC)c2)cc1. The Balaban J connectivity index is 1.84. The molecule has 0 unspecified atom stereocenters. The molecule has 0 aliphatic heterocycles. The van der Waals surface area contributed by atoms with Crippen molar-refractivity contribution in [1.82, 2.24) is 5.32 Å². The topological polar surface area (TPSA) is 21.3 Å². The van der Waals surface area contributed by atoms with Crippen LogP contribution in [0, 0.1) is 0 Å². The van der Waals surface area contributed by atoms with Crippen LogP contribution in [0.15, 0.2) is 48.5 Å². The molecular formula is C18H23NO. The minimum Gasteiger partial charge on any atom is -0.380 e. The molecule has 0 saturated carbocycles. The van der Waals surface area contributed by atoms with Gasteiger partial charge in [-0.2, -0.15) is 0 Å². The molecule has 1 N–H and O–H groups in total. The molecular weight excluding hydrogens is 246 g/mol. The molecule has 0 radical (unpaired) electrons. The van der Waals surface area contributed by atoms with E-state index >= 15 is 0 Å². The maximum atomic E-state index is 5.16. The van der Waals surface area contributed by atoms with Gasteiger partial charge in [-0.15, -0.1) is 0 Å². The molecule has 0 atom stereocenters. The first-order chi connectivity index (χ1) is 9.81. The standard InChI is InChI=1S/C18H23NO/c1-3-15-7-9-16(10-8-15)12-19-13-17-5-4-6-18(11-17)14-20-2/h4-11,19H,3,12-14H2,1-2H3. The molecule has 2 heteroatoms. The molecule has 0 aromatic heterocycles. The fourth-order valence-corrected chi connectivity index (χ4v) is 2.24. The number of rotatable bonds is 7. The van der Waals surface area contributed by atoms with Crippen molar-refractivity contribution in [3.8, 4) is 0 Å². The number of hydrogen-bond donors (Lipinski definition) is 1. The maximum Gasteiger partial charge on any atom is 0.0713 e. The highest BCUT2D eigenvalue weighted by molar-refractivity contribution is 5.24. The van der Waals surface area contributed by atoms with Crippen molar-refractivity contribution in [3.05, 3.63) is 70.8 Å². The van der Waals surface area contributed by atoms with Crippen LogP contribution in [-0.4, -0.2) is 7.11 Å². The summed E-state index contributed by atoms with van der Waals surface area (Å²) >= 11 is 0. The van der Waals surface area contributed by atoms with Gasteiger partial charge in [-0.3, -0.25) is 0 Å². The lowest BCUT2D eigenvalue weighted by Gasteiger charge is -2.07. The second kappa shape index (κ2) is 7.83. The quantitative estimate of drug-likeness (QED) is 0.828. The van der Waals surface area contributed by atoms with Gasteiger partial charge in [0.2, 0.25) is 0 Å². The van der Waals surface area contributed by atoms with Crippen LogP contribution in [0.5, 0.6) is 0 Å². The van der Waals surface area contributed by atoms with Crippen LogP contribution in [0.2, 0.25) is 0 Å². The molecule has 0 aliphatic carbocycles. The van der Waals surface area contributed by atoms with Crippen LogP contribution >= 0.6 is 0 Å². The molecule has 106 valence electrons. The summed E-state index contributed by atoms with van der Waals surface area (Å²) in [7, 11) is 1.73. The van der Waals surface area contributed by atoms with Crippen molar-refractivity contribution in [3.63, 3.8) is 0 Å². The third-order valence-electron chi connectivity index (χ3n) is 3.39. The molecule has 20 heavy (non-hydrogen) atoms. The van der Waals surface area contributed by atoms with Gasteiger partial charge in [-0.05, 0) is 28.7 Å². The van der Waals surface area contributed by atoms with Crippen LogP contribution in [-0.2, 0) is 30.9 Å². The largest absolute Gasteiger partial charge is 0.380 e. The molecule has 0 bridgehead atoms. The number of aryl methyl sites for hydroxylation is 1. The molecule has 2 rings (SSSR count). The Kier molecular flexibility index (Phi) is 5.78. The molecule has 0 amide bonds. The van der Waals surface area contributed by atoms with Crippen molar-refractivity contribution in [2.75, 3.05) is 7.11 Å². The maximum absolute atomic E-state index is 5.16. The average molecular weight is 269 g/mol. The summed E-state index contributed by atoms with van der Waals surface area (Å²) in [6, 6.07) is 17.3. The van der Waals surface area contributed by atoms with E-state index in [-0.39, 0.29) is 0 Å². The number of ether oxygens (including phenoxy) is 1. The normalized spacial score (nSPS) is 10.7. The lowest BCUT2D eigenvalue weighted by Crippen LogP contribution is -2.12. The lowest BCUT2D eigenvalue weighted by atomic mass is 10.1. The van der Waals surface area contributed by atoms with Gasteiger partial charge in [0.25, 0.3) is 0 Å². The molecule has 0 heterocycles. The zero-order valence-electron chi connectivity index (χ0n) is 12.4. The van der Waals surface area contributed by atoms with Crippen LogP contribution in [0.4, 0.5) is 0 Å². The predicted molar refractivity (Wildman–Crippen MR) is 83.5 cm³/mol. The summed E-state index contributed by atoms with van der Waals surface area (Å²) in [6.45, 7) is 4.64. The third-order valence-corrected chi connectivity index (χ3v) is 3.39. The van der Waals surface area contributed by atoms with Crippen molar-refractivity contribution in [1.29, 1.82) is 0 Å². The van der Waals surface area contributed by atoms with Gasteiger partial charge in [-0.25, -0.2) is 0 Å². The summed E-state index contributed by atoms with van der Waals surface area (Å²) in [4.78, 5) is 0. The zero-order valence-corrected chi connectivity index (χ0v) is 12.4. The summed E-state index contributed by atoms with van der Waals surface area (Å²) < 4.78 is 5.16. The Hall–Kier alpha value is -1.64. The van der Waals surface area contributed by atoms with Crippen molar-refractivity contribution in [2.24, 2.45) is 0 Å². The van der Waals surface area contributed by atoms with E-state index < -0.39 is 0 Å². The fraction of sp³-hybridized carbons (Fsp3) is 0.333. The van der Waals surface area contributed by atoms with E-state index in [4.69, 9.17) is 4.74 Å². The summed E-state index contributed by atoms with van der Waals surface area (Å²) in [5, 5.41) is 3.48. The number of methoxy groups -OCH3 is 1. The smallest absolute Gasteiger partial charge is 0.0713 e. The van der Waals surface area contributed by atoms with E-state index in [1.54, 1.807) is 7.11 Å². The highest BCUT2D eigenvalue weighted by Crippen LogP contribution is 2.08. The minimum absolute atomic E-state index is 0.673. The second-order valence-electron chi connectivity index (χ2n) is 5.03. The minimum atomic E-state index is 0.673. The molecule has 0 aliphatic rings. The molecule has 0 fully saturated rings. The first-order valence-corrected chi connectivity index (χ1v) is 7.17. The molecule has 2 aromatic carbocycles. The average Bonchev–Trinajstić information content (AvgIpc) is 2.49. The Morgan fingerprint density at radius 2 is 1.50 bits per heavy atom. The van der Waals surface area contributed by atoms with Gasteiger partial charge in [0.05, 0.1) is 6.61 Å². The van der Waals surface area contributed by atoms with Crippen LogP contribution in [0.25, 0.3) is 0 Å². The van der Waals surface area contributed by atoms with Crippen molar-refractivity contribution >= 4 is 0 Å². The highest BCUT2D eigenvalue weighted by Gasteiger charge is 1.97. The zero-order chi connectivity index (χ0) is 14.2. The Labute approximate surface area is 121 Å². The van der Waals surface area contributed by atoms with Crippen LogP contribution in [0.3, 0.4) is 0 Å². The fourth-order valence-electron chi connectivity index (χ4n) is 2.24. The Morgan fingerprint density at radius 3 is 2.20 bits per heavy atom. The molecule has 0 saturated heterocycles. The summed E-state index contributed by atoms with van der Waals surface area (Å²) in [5.74, 6) is 0. The van der Waals surface area contributed by atoms with Crippen molar-refractivity contribution in [2.45, 2.75) is 33.0 Å². The number of hydrogen-bond acceptors (Lipinski definition) is 2. The predicted octanol–water partition coefficient (Wildman–Crippen LogP) is 3.69. The lowest BCUT2D eigenvalue weighted by molar-refractivity contribution is 0.185. The monoisotopic (exact) mass is 269 g/mol. The van der Waals surface area contributed by atoms with Gasteiger partial charge in [0, 0.05) is 20.2 Å². The van der Waals surface area contributed by atoms with E-state index in [9.17, 15) is 0 Å². The van der Waals surface area contributed by atoms with E-state index in [0.717, 1.165) is 19.5 Å². The molecule has 2 aromatic rings. The van der Waals surface area contributed by atoms with Gasteiger partial charge < -0.3 is 10.1 Å². The van der Waals surface area contributed by atoms with E-state index in [1.165, 1.54) is 22.3 Å². The third kappa shape index (κ3) is 4.48. The van der Waals surface area contributed by atoms with Gasteiger partial charge in [-0.1, -0.05) is 55.5 Å². The Bertz CT molecular complexity index is 519. The van der Waals surface area contributed by atoms with Crippen LogP contribution in [0.1, 0.15) is 29.2 Å². The van der Waals surface area contributed by atoms with E-state index in [1.807, 2.05) is 0 Å². The van der Waals surface area contributed by atoms with E-state index in [2.05, 4.69) is 60.8 Å². The second-order valence-corrected chi connectivity index (χ2v) is 5.03. The van der Waals surface area contributed by atoms with Gasteiger partial charge in [0.1, 0.15) is 0 Å². The number of benzene rings is 2. The van der Waals surface area contributed by atoms with E-state index in [0.29, 0.717) is 6.61 Å². The van der Waals surface area contributed by atoms with Gasteiger partial charge >= 0.3 is 0 Å². The van der Waals surface area contributed by atoms with Crippen LogP contribution < -0.4 is 5.32 Å². The van der Waals surface area contributed by atoms with Gasteiger partial charge in [0.15, 0.2) is 0 Å². The molecule has 2 nitrogen and oxygen atoms in total. The number of nitrogens with one attached hydrogen (secondary N) is 1. The first kappa shape index (κ1) is 14.8. The first-order valence-electron chi connectivity index (χ1n) is 7.17. The summed E-state index contributed by atoms with van der Waals surface area (Å²) in [5.41, 5.74) is 5.24. The Morgan fingerprint density at radius 1 is 0.850 bits per heavy atom. The summed E-state index contributed by atoms with van der Waals surface area (Å²) in [6.07, 6.45) is 1.10. The van der Waals surface area contributed by atoms with Crippen molar-refractivity contribution < 1.29 is 4.74 Å².